The van der Waals surface area contributed by atoms with Gasteiger partial charge in [0.25, 0.3) is 11.8 Å². The van der Waals surface area contributed by atoms with Gasteiger partial charge in [0.1, 0.15) is 10.8 Å². The zero-order chi connectivity index (χ0) is 22.1. The van der Waals surface area contributed by atoms with Gasteiger partial charge in [-0.3, -0.25) is 9.59 Å². The SMILES string of the molecule is COc1ccccc1C(=O)N1CCCC1c1nnc(C(=O)Nc2ccc3c(c2)OCO3)s1. The first kappa shape index (κ1) is 20.3. The number of carbonyl (C=O) groups excluding carboxylic acids is 2. The predicted molar refractivity (Wildman–Crippen MR) is 116 cm³/mol. The van der Waals surface area contributed by atoms with Gasteiger partial charge in [-0.2, -0.15) is 0 Å². The molecule has 2 aromatic carbocycles. The Morgan fingerprint density at radius 1 is 1.16 bits per heavy atom. The molecule has 2 aliphatic heterocycles. The molecule has 1 aromatic heterocycles. The number of carbonyl (C=O) groups is 2. The van der Waals surface area contributed by atoms with Crippen molar-refractivity contribution >= 4 is 28.8 Å². The Bertz CT molecular complexity index is 1180. The van der Waals surface area contributed by atoms with E-state index < -0.39 is 0 Å². The van der Waals surface area contributed by atoms with E-state index in [0.29, 0.717) is 40.1 Å². The van der Waals surface area contributed by atoms with Crippen molar-refractivity contribution in [3.63, 3.8) is 0 Å². The third-order valence-corrected chi connectivity index (χ3v) is 6.42. The lowest BCUT2D eigenvalue weighted by Gasteiger charge is -2.23. The number of fused-ring (bicyclic) bond motifs is 1. The summed E-state index contributed by atoms with van der Waals surface area (Å²) >= 11 is 1.19. The van der Waals surface area contributed by atoms with Crippen molar-refractivity contribution in [3.05, 3.63) is 58.0 Å². The van der Waals surface area contributed by atoms with Gasteiger partial charge in [-0.1, -0.05) is 23.5 Å². The minimum absolute atomic E-state index is 0.119. The average Bonchev–Trinajstić information content (AvgIpc) is 3.58. The van der Waals surface area contributed by atoms with Crippen LogP contribution in [-0.2, 0) is 0 Å². The Kier molecular flexibility index (Phi) is 5.36. The van der Waals surface area contributed by atoms with Gasteiger partial charge in [-0.15, -0.1) is 10.2 Å². The fourth-order valence-corrected chi connectivity index (χ4v) is 4.75. The molecule has 3 heterocycles. The van der Waals surface area contributed by atoms with Crippen molar-refractivity contribution < 1.29 is 23.8 Å². The summed E-state index contributed by atoms with van der Waals surface area (Å²) in [5.41, 5.74) is 1.08. The van der Waals surface area contributed by atoms with Gasteiger partial charge in [0.15, 0.2) is 11.5 Å². The molecule has 0 spiro atoms. The minimum Gasteiger partial charge on any atom is -0.496 e. The van der Waals surface area contributed by atoms with Gasteiger partial charge in [0.05, 0.1) is 18.7 Å². The molecule has 1 fully saturated rings. The molecular weight excluding hydrogens is 432 g/mol. The van der Waals surface area contributed by atoms with Gasteiger partial charge in [-0.05, 0) is 37.1 Å². The van der Waals surface area contributed by atoms with E-state index in [9.17, 15) is 9.59 Å². The van der Waals surface area contributed by atoms with E-state index in [4.69, 9.17) is 14.2 Å². The van der Waals surface area contributed by atoms with Crippen molar-refractivity contribution in [3.8, 4) is 17.2 Å². The predicted octanol–water partition coefficient (Wildman–Crippen LogP) is 3.51. The highest BCUT2D eigenvalue weighted by Crippen LogP contribution is 2.37. The van der Waals surface area contributed by atoms with Crippen molar-refractivity contribution in [2.24, 2.45) is 0 Å². The molecule has 1 saturated heterocycles. The van der Waals surface area contributed by atoms with Crippen LogP contribution in [-0.4, -0.2) is 47.4 Å². The number of hydrogen-bond donors (Lipinski definition) is 1. The van der Waals surface area contributed by atoms with E-state index in [1.807, 2.05) is 12.1 Å². The molecule has 1 N–H and O–H groups in total. The van der Waals surface area contributed by atoms with Crippen LogP contribution >= 0.6 is 11.3 Å². The number of benzene rings is 2. The van der Waals surface area contributed by atoms with Gasteiger partial charge in [0.2, 0.25) is 11.8 Å². The van der Waals surface area contributed by atoms with Gasteiger partial charge in [0, 0.05) is 18.3 Å². The van der Waals surface area contributed by atoms with Crippen LogP contribution in [0.1, 0.15) is 44.1 Å². The zero-order valence-corrected chi connectivity index (χ0v) is 18.1. The number of amides is 2. The van der Waals surface area contributed by atoms with Crippen molar-refractivity contribution in [2.75, 3.05) is 25.8 Å². The van der Waals surface area contributed by atoms with E-state index in [0.717, 1.165) is 12.8 Å². The molecule has 2 amide bonds. The Morgan fingerprint density at radius 2 is 2.00 bits per heavy atom. The topological polar surface area (TPSA) is 103 Å². The molecular formula is C22H20N4O5S. The maximum atomic E-state index is 13.2. The fraction of sp³-hybridized carbons (Fsp3) is 0.273. The molecule has 5 rings (SSSR count). The van der Waals surface area contributed by atoms with Crippen LogP contribution in [0.25, 0.3) is 0 Å². The number of nitrogens with one attached hydrogen (secondary N) is 1. The van der Waals surface area contributed by atoms with E-state index in [1.165, 1.54) is 11.3 Å². The Balaban J connectivity index is 1.32. The molecule has 0 aliphatic carbocycles. The monoisotopic (exact) mass is 452 g/mol. The zero-order valence-electron chi connectivity index (χ0n) is 17.2. The third-order valence-electron chi connectivity index (χ3n) is 5.40. The summed E-state index contributed by atoms with van der Waals surface area (Å²) in [4.78, 5) is 27.7. The minimum atomic E-state index is -0.367. The van der Waals surface area contributed by atoms with Crippen molar-refractivity contribution in [2.45, 2.75) is 18.9 Å². The molecule has 0 radical (unpaired) electrons. The largest absolute Gasteiger partial charge is 0.496 e. The number of rotatable bonds is 5. The van der Waals surface area contributed by atoms with Crippen LogP contribution in [0.3, 0.4) is 0 Å². The normalized spacial score (nSPS) is 16.8. The van der Waals surface area contributed by atoms with Crippen LogP contribution in [0.5, 0.6) is 17.2 Å². The molecule has 32 heavy (non-hydrogen) atoms. The first-order valence-corrected chi connectivity index (χ1v) is 10.9. The number of likely N-dealkylation sites (tertiary alicyclic amines) is 1. The number of nitrogens with zero attached hydrogens (tertiary/aromatic N) is 3. The number of methoxy groups -OCH3 is 1. The van der Waals surface area contributed by atoms with Crippen LogP contribution < -0.4 is 19.5 Å². The lowest BCUT2D eigenvalue weighted by atomic mass is 10.1. The summed E-state index contributed by atoms with van der Waals surface area (Å²) in [6.07, 6.45) is 1.61. The molecule has 164 valence electrons. The summed E-state index contributed by atoms with van der Waals surface area (Å²) in [7, 11) is 1.54. The molecule has 2 aliphatic rings. The average molecular weight is 452 g/mol. The van der Waals surface area contributed by atoms with Crippen LogP contribution in [0, 0.1) is 0 Å². The molecule has 9 nitrogen and oxygen atoms in total. The fourth-order valence-electron chi connectivity index (χ4n) is 3.86. The molecule has 10 heteroatoms. The number of para-hydroxylation sites is 1. The maximum absolute atomic E-state index is 13.2. The lowest BCUT2D eigenvalue weighted by molar-refractivity contribution is 0.0731. The highest BCUT2D eigenvalue weighted by Gasteiger charge is 2.34. The summed E-state index contributed by atoms with van der Waals surface area (Å²) < 4.78 is 16.0. The van der Waals surface area contributed by atoms with E-state index in [-0.39, 0.29) is 29.7 Å². The van der Waals surface area contributed by atoms with Crippen LogP contribution in [0.2, 0.25) is 0 Å². The van der Waals surface area contributed by atoms with Crippen molar-refractivity contribution in [1.82, 2.24) is 15.1 Å². The van der Waals surface area contributed by atoms with Gasteiger partial charge in [-0.25, -0.2) is 0 Å². The summed E-state index contributed by atoms with van der Waals surface area (Å²) in [6, 6.07) is 12.1. The quantitative estimate of drug-likeness (QED) is 0.632. The molecule has 0 saturated carbocycles. The van der Waals surface area contributed by atoms with E-state index in [1.54, 1.807) is 42.3 Å². The number of anilines is 1. The summed E-state index contributed by atoms with van der Waals surface area (Å²) in [5.74, 6) is 1.27. The number of ether oxygens (including phenoxy) is 3. The van der Waals surface area contributed by atoms with Crippen LogP contribution in [0.15, 0.2) is 42.5 Å². The highest BCUT2D eigenvalue weighted by molar-refractivity contribution is 7.13. The maximum Gasteiger partial charge on any atom is 0.286 e. The summed E-state index contributed by atoms with van der Waals surface area (Å²) in [5, 5.41) is 12.0. The third kappa shape index (κ3) is 3.73. The Labute approximate surface area is 187 Å². The number of hydrogen-bond acceptors (Lipinski definition) is 8. The molecule has 3 aromatic rings. The Hall–Kier alpha value is -3.66. The lowest BCUT2D eigenvalue weighted by Crippen LogP contribution is -2.30. The smallest absolute Gasteiger partial charge is 0.286 e. The Morgan fingerprint density at radius 3 is 2.88 bits per heavy atom. The first-order valence-electron chi connectivity index (χ1n) is 10.1. The second-order valence-electron chi connectivity index (χ2n) is 7.32. The molecule has 0 bridgehead atoms. The molecule has 1 atom stereocenters. The highest BCUT2D eigenvalue weighted by atomic mass is 32.1. The second kappa shape index (κ2) is 8.46. The van der Waals surface area contributed by atoms with Gasteiger partial charge < -0.3 is 24.4 Å². The summed E-state index contributed by atoms with van der Waals surface area (Å²) in [6.45, 7) is 0.776. The molecule has 1 unspecified atom stereocenters. The van der Waals surface area contributed by atoms with Gasteiger partial charge >= 0.3 is 0 Å². The second-order valence-corrected chi connectivity index (χ2v) is 8.33. The first-order chi connectivity index (χ1) is 15.6. The van der Waals surface area contributed by atoms with Crippen LogP contribution in [0.4, 0.5) is 5.69 Å². The van der Waals surface area contributed by atoms with E-state index in [2.05, 4.69) is 15.5 Å². The number of aromatic nitrogens is 2. The standard InChI is InChI=1S/C22H20N4O5S/c1-29-16-7-3-2-5-14(16)22(28)26-10-4-6-15(26)20-24-25-21(32-20)19(27)23-13-8-9-17-18(11-13)31-12-30-17/h2-3,5,7-9,11,15H,4,6,10,12H2,1H3,(H,23,27). The van der Waals surface area contributed by atoms with E-state index >= 15 is 0 Å². The van der Waals surface area contributed by atoms with Crippen molar-refractivity contribution in [1.29, 1.82) is 0 Å².